The number of hydrogen-bond acceptors (Lipinski definition) is 5. The summed E-state index contributed by atoms with van der Waals surface area (Å²) in [7, 11) is 1.89. The van der Waals surface area contributed by atoms with E-state index in [0.29, 0.717) is 17.3 Å². The van der Waals surface area contributed by atoms with Crippen LogP contribution in [0, 0.1) is 13.8 Å². The second-order valence-electron chi connectivity index (χ2n) is 6.66. The number of carboxylic acid groups (broad SMARTS) is 1. The van der Waals surface area contributed by atoms with Crippen LogP contribution in [-0.2, 0) is 11.8 Å². The number of nitrogens with zero attached hydrogens (tertiary/aromatic N) is 4. The maximum absolute atomic E-state index is 12.4. The highest BCUT2D eigenvalue weighted by Gasteiger charge is 2.32. The molecular weight excluding hydrogens is 378 g/mol. The standard InChI is InChI=1S/C19H19N5O3S/c1-10-16-17(14-8-20-23(3)11(14)2)28-9-15(25)21-18(16)24(22-10)13-6-4-12(5-7-13)19(26)27/h4-8,17H,9H2,1-3H3,(H,21,25)(H,26,27). The zero-order valence-electron chi connectivity index (χ0n) is 15.6. The zero-order valence-corrected chi connectivity index (χ0v) is 16.4. The lowest BCUT2D eigenvalue weighted by Crippen LogP contribution is -2.15. The molecule has 0 saturated heterocycles. The van der Waals surface area contributed by atoms with E-state index < -0.39 is 5.97 Å². The number of aromatic carboxylic acids is 1. The summed E-state index contributed by atoms with van der Waals surface area (Å²) < 4.78 is 3.48. The van der Waals surface area contributed by atoms with Crippen molar-refractivity contribution in [2.24, 2.45) is 7.05 Å². The van der Waals surface area contributed by atoms with Crippen LogP contribution in [0.4, 0.5) is 5.82 Å². The topological polar surface area (TPSA) is 102 Å². The van der Waals surface area contributed by atoms with Crippen LogP contribution in [0.25, 0.3) is 5.69 Å². The van der Waals surface area contributed by atoms with E-state index in [2.05, 4.69) is 15.5 Å². The summed E-state index contributed by atoms with van der Waals surface area (Å²) in [4.78, 5) is 23.5. The van der Waals surface area contributed by atoms with Gasteiger partial charge in [0.25, 0.3) is 0 Å². The Morgan fingerprint density at radius 3 is 2.61 bits per heavy atom. The van der Waals surface area contributed by atoms with Gasteiger partial charge in [0.1, 0.15) is 5.82 Å². The zero-order chi connectivity index (χ0) is 20.0. The van der Waals surface area contributed by atoms with Gasteiger partial charge in [-0.15, -0.1) is 11.8 Å². The molecule has 2 aromatic heterocycles. The fraction of sp³-hybridized carbons (Fsp3) is 0.263. The molecule has 1 amide bonds. The molecule has 0 radical (unpaired) electrons. The van der Waals surface area contributed by atoms with Crippen LogP contribution in [0.15, 0.2) is 30.5 Å². The van der Waals surface area contributed by atoms with Crippen LogP contribution >= 0.6 is 11.8 Å². The van der Waals surface area contributed by atoms with Gasteiger partial charge in [0, 0.05) is 23.9 Å². The SMILES string of the molecule is Cc1nn(-c2ccc(C(=O)O)cc2)c2c1C(c1cnn(C)c1C)SCC(=O)N2. The Morgan fingerprint density at radius 2 is 2.00 bits per heavy atom. The smallest absolute Gasteiger partial charge is 0.335 e. The molecule has 3 heterocycles. The third kappa shape index (κ3) is 2.97. The van der Waals surface area contributed by atoms with E-state index in [1.807, 2.05) is 31.8 Å². The second kappa shape index (κ2) is 6.83. The molecule has 1 aromatic carbocycles. The largest absolute Gasteiger partial charge is 0.478 e. The first kappa shape index (κ1) is 18.3. The van der Waals surface area contributed by atoms with Gasteiger partial charge >= 0.3 is 5.97 Å². The summed E-state index contributed by atoms with van der Waals surface area (Å²) in [6.07, 6.45) is 1.84. The van der Waals surface area contributed by atoms with Gasteiger partial charge in [0.15, 0.2) is 0 Å². The van der Waals surface area contributed by atoms with Gasteiger partial charge in [-0.05, 0) is 38.1 Å². The predicted octanol–water partition coefficient (Wildman–Crippen LogP) is 2.70. The normalized spacial score (nSPS) is 16.4. The third-order valence-corrected chi connectivity index (χ3v) is 6.17. The maximum Gasteiger partial charge on any atom is 0.335 e. The molecule has 9 heteroatoms. The minimum atomic E-state index is -0.987. The van der Waals surface area contributed by atoms with Gasteiger partial charge in [-0.25, -0.2) is 9.48 Å². The van der Waals surface area contributed by atoms with Crippen molar-refractivity contribution in [2.45, 2.75) is 19.1 Å². The number of carbonyl (C=O) groups is 2. The summed E-state index contributed by atoms with van der Waals surface area (Å²) in [5, 5.41) is 21.0. The first-order chi connectivity index (χ1) is 13.4. The Kier molecular flexibility index (Phi) is 4.46. The lowest BCUT2D eigenvalue weighted by atomic mass is 10.0. The summed E-state index contributed by atoms with van der Waals surface area (Å²) in [6.45, 7) is 3.92. The quantitative estimate of drug-likeness (QED) is 0.705. The Balaban J connectivity index is 1.86. The summed E-state index contributed by atoms with van der Waals surface area (Å²) in [5.41, 5.74) is 4.71. The number of rotatable bonds is 3. The molecule has 144 valence electrons. The van der Waals surface area contributed by atoms with Crippen LogP contribution in [0.2, 0.25) is 0 Å². The van der Waals surface area contributed by atoms with Crippen molar-refractivity contribution in [3.8, 4) is 5.69 Å². The van der Waals surface area contributed by atoms with Gasteiger partial charge in [0.2, 0.25) is 5.91 Å². The minimum Gasteiger partial charge on any atom is -0.478 e. The lowest BCUT2D eigenvalue weighted by molar-refractivity contribution is -0.113. The Hall–Kier alpha value is -3.07. The number of carbonyl (C=O) groups excluding carboxylic acids is 1. The van der Waals surface area contributed by atoms with E-state index in [1.165, 1.54) is 12.1 Å². The van der Waals surface area contributed by atoms with Gasteiger partial charge in [-0.2, -0.15) is 10.2 Å². The molecule has 4 rings (SSSR count). The lowest BCUT2D eigenvalue weighted by Gasteiger charge is -2.14. The van der Waals surface area contributed by atoms with Gasteiger partial charge in [0.05, 0.1) is 34.1 Å². The van der Waals surface area contributed by atoms with Crippen LogP contribution < -0.4 is 5.32 Å². The Labute approximate surface area is 165 Å². The molecular formula is C19H19N5O3S. The average molecular weight is 397 g/mol. The number of hydrogen-bond donors (Lipinski definition) is 2. The van der Waals surface area contributed by atoms with E-state index in [1.54, 1.807) is 28.6 Å². The highest BCUT2D eigenvalue weighted by molar-refractivity contribution is 8.00. The first-order valence-corrected chi connectivity index (χ1v) is 9.75. The first-order valence-electron chi connectivity index (χ1n) is 8.70. The van der Waals surface area contributed by atoms with Crippen LogP contribution in [0.3, 0.4) is 0 Å². The number of aromatic nitrogens is 4. The number of nitrogens with one attached hydrogen (secondary N) is 1. The molecule has 8 nitrogen and oxygen atoms in total. The van der Waals surface area contributed by atoms with Crippen molar-refractivity contribution in [1.82, 2.24) is 19.6 Å². The van der Waals surface area contributed by atoms with Gasteiger partial charge in [-0.3, -0.25) is 9.48 Å². The molecule has 1 aliphatic heterocycles. The van der Waals surface area contributed by atoms with Crippen LogP contribution in [0.1, 0.15) is 38.1 Å². The van der Waals surface area contributed by atoms with Crippen molar-refractivity contribution < 1.29 is 14.7 Å². The fourth-order valence-electron chi connectivity index (χ4n) is 3.33. The molecule has 28 heavy (non-hydrogen) atoms. The van der Waals surface area contributed by atoms with E-state index in [9.17, 15) is 9.59 Å². The summed E-state index contributed by atoms with van der Waals surface area (Å²) >= 11 is 1.55. The molecule has 1 unspecified atom stereocenters. The molecule has 1 atom stereocenters. The number of fused-ring (bicyclic) bond motifs is 1. The minimum absolute atomic E-state index is 0.0744. The van der Waals surface area contributed by atoms with Gasteiger partial charge in [-0.1, -0.05) is 0 Å². The van der Waals surface area contributed by atoms with Crippen molar-refractivity contribution in [1.29, 1.82) is 0 Å². The highest BCUT2D eigenvalue weighted by atomic mass is 32.2. The maximum atomic E-state index is 12.4. The summed E-state index contributed by atoms with van der Waals surface area (Å²) in [5.74, 6) is -0.147. The number of anilines is 1. The molecule has 3 aromatic rings. The van der Waals surface area contributed by atoms with E-state index in [4.69, 9.17) is 5.11 Å². The van der Waals surface area contributed by atoms with E-state index >= 15 is 0 Å². The Morgan fingerprint density at radius 1 is 1.29 bits per heavy atom. The van der Waals surface area contributed by atoms with Gasteiger partial charge < -0.3 is 10.4 Å². The van der Waals surface area contributed by atoms with E-state index in [-0.39, 0.29) is 16.7 Å². The molecule has 0 saturated carbocycles. The number of benzene rings is 1. The number of thioether (sulfide) groups is 1. The van der Waals surface area contributed by atoms with Crippen LogP contribution in [0.5, 0.6) is 0 Å². The number of carboxylic acids is 1. The third-order valence-electron chi connectivity index (χ3n) is 4.92. The van der Waals surface area contributed by atoms with Crippen molar-refractivity contribution in [3.05, 3.63) is 58.5 Å². The molecule has 1 aliphatic rings. The van der Waals surface area contributed by atoms with Crippen LogP contribution in [-0.4, -0.2) is 42.3 Å². The summed E-state index contributed by atoms with van der Waals surface area (Å²) in [6, 6.07) is 6.42. The van der Waals surface area contributed by atoms with E-state index in [0.717, 1.165) is 22.5 Å². The average Bonchev–Trinajstić information content (AvgIpc) is 3.10. The molecule has 2 N–H and O–H groups in total. The Bertz CT molecular complexity index is 1080. The number of amides is 1. The molecule has 0 fully saturated rings. The van der Waals surface area contributed by atoms with Crippen molar-refractivity contribution in [3.63, 3.8) is 0 Å². The predicted molar refractivity (Wildman–Crippen MR) is 106 cm³/mol. The van der Waals surface area contributed by atoms with Crippen molar-refractivity contribution >= 4 is 29.5 Å². The number of aryl methyl sites for hydroxylation is 2. The monoisotopic (exact) mass is 397 g/mol. The van der Waals surface area contributed by atoms with Crippen molar-refractivity contribution in [2.75, 3.05) is 11.1 Å². The molecule has 0 bridgehead atoms. The molecule has 0 spiro atoms. The fourth-order valence-corrected chi connectivity index (χ4v) is 4.58. The highest BCUT2D eigenvalue weighted by Crippen LogP contribution is 2.44. The molecule has 0 aliphatic carbocycles. The second-order valence-corrected chi connectivity index (χ2v) is 7.75.